The van der Waals surface area contributed by atoms with Crippen molar-refractivity contribution in [1.29, 1.82) is 0 Å². The lowest BCUT2D eigenvalue weighted by molar-refractivity contribution is -0.114. The van der Waals surface area contributed by atoms with Crippen LogP contribution in [0.5, 0.6) is 0 Å². The van der Waals surface area contributed by atoms with Crippen LogP contribution in [-0.4, -0.2) is 27.1 Å². The van der Waals surface area contributed by atoms with Gasteiger partial charge in [0.05, 0.1) is 11.9 Å². The van der Waals surface area contributed by atoms with E-state index in [0.717, 1.165) is 31.4 Å². The summed E-state index contributed by atoms with van der Waals surface area (Å²) in [7, 11) is -3.62. The molecule has 0 unspecified atom stereocenters. The number of hydrogen-bond donors (Lipinski definition) is 1. The molecule has 0 saturated heterocycles. The molecule has 1 N–H and O–H groups in total. The van der Waals surface area contributed by atoms with Gasteiger partial charge in [0.15, 0.2) is 0 Å². The van der Waals surface area contributed by atoms with Gasteiger partial charge in [-0.15, -0.1) is 0 Å². The number of halogens is 1. The smallest absolute Gasteiger partial charge is 0.245 e. The van der Waals surface area contributed by atoms with Crippen LogP contribution in [0, 0.1) is 6.92 Å². The quantitative estimate of drug-likeness (QED) is 0.634. The maximum atomic E-state index is 12.6. The van der Waals surface area contributed by atoms with Crippen LogP contribution in [0.25, 0.3) is 10.8 Å². The summed E-state index contributed by atoms with van der Waals surface area (Å²) in [6, 6.07) is 18.5. The molecule has 0 aliphatic heterocycles. The highest BCUT2D eigenvalue weighted by Crippen LogP contribution is 2.26. The number of aryl methyl sites for hydroxylation is 1. The van der Waals surface area contributed by atoms with Crippen LogP contribution in [-0.2, 0) is 14.8 Å². The van der Waals surface area contributed by atoms with Crippen molar-refractivity contribution in [3.05, 3.63) is 70.7 Å². The number of nitrogens with one attached hydrogen (secondary N) is 1. The maximum Gasteiger partial charge on any atom is 0.245 e. The van der Waals surface area contributed by atoms with Crippen molar-refractivity contribution in [2.45, 2.75) is 6.92 Å². The molecule has 0 aliphatic rings. The summed E-state index contributed by atoms with van der Waals surface area (Å²) in [5.41, 5.74) is 1.99. The topological polar surface area (TPSA) is 66.5 Å². The summed E-state index contributed by atoms with van der Waals surface area (Å²) >= 11 is 3.40. The molecular formula is C20H19BrN2O3S. The molecule has 0 heterocycles. The summed E-state index contributed by atoms with van der Waals surface area (Å²) in [5.74, 6) is -0.405. The molecule has 0 aliphatic carbocycles. The van der Waals surface area contributed by atoms with Crippen LogP contribution < -0.4 is 9.62 Å². The van der Waals surface area contributed by atoms with Gasteiger partial charge in [-0.25, -0.2) is 8.42 Å². The predicted molar refractivity (Wildman–Crippen MR) is 114 cm³/mol. The zero-order chi connectivity index (χ0) is 19.6. The Hall–Kier alpha value is -2.38. The Morgan fingerprint density at radius 1 is 1.07 bits per heavy atom. The van der Waals surface area contributed by atoms with Crippen molar-refractivity contribution in [3.8, 4) is 0 Å². The maximum absolute atomic E-state index is 12.6. The lowest BCUT2D eigenvalue weighted by Crippen LogP contribution is -2.37. The number of carbonyl (C=O) groups is 1. The largest absolute Gasteiger partial charge is 0.324 e. The lowest BCUT2D eigenvalue weighted by Gasteiger charge is -2.22. The molecule has 5 nitrogen and oxygen atoms in total. The Balaban J connectivity index is 1.88. The van der Waals surface area contributed by atoms with Gasteiger partial charge in [0, 0.05) is 15.5 Å². The van der Waals surface area contributed by atoms with E-state index in [4.69, 9.17) is 0 Å². The molecule has 0 spiro atoms. The SMILES string of the molecule is Cc1cc(N(CC(=O)Nc2cccc3ccccc23)S(C)(=O)=O)ccc1Br. The zero-order valence-corrected chi connectivity index (χ0v) is 17.3. The summed E-state index contributed by atoms with van der Waals surface area (Å²) in [6.45, 7) is 1.56. The molecule has 27 heavy (non-hydrogen) atoms. The molecule has 0 atom stereocenters. The van der Waals surface area contributed by atoms with E-state index in [1.54, 1.807) is 24.3 Å². The van der Waals surface area contributed by atoms with Gasteiger partial charge in [-0.05, 0) is 42.1 Å². The van der Waals surface area contributed by atoms with E-state index < -0.39 is 15.9 Å². The lowest BCUT2D eigenvalue weighted by atomic mass is 10.1. The van der Waals surface area contributed by atoms with Crippen molar-refractivity contribution in [1.82, 2.24) is 0 Å². The van der Waals surface area contributed by atoms with Crippen LogP contribution in [0.4, 0.5) is 11.4 Å². The number of fused-ring (bicyclic) bond motifs is 1. The second-order valence-corrected chi connectivity index (χ2v) is 9.04. The van der Waals surface area contributed by atoms with Gasteiger partial charge in [0.1, 0.15) is 6.54 Å². The van der Waals surface area contributed by atoms with Gasteiger partial charge < -0.3 is 5.32 Å². The molecule has 7 heteroatoms. The average Bonchev–Trinajstić information content (AvgIpc) is 2.61. The molecule has 3 aromatic rings. The van der Waals surface area contributed by atoms with Crippen molar-refractivity contribution in [2.24, 2.45) is 0 Å². The van der Waals surface area contributed by atoms with Crippen LogP contribution >= 0.6 is 15.9 Å². The monoisotopic (exact) mass is 446 g/mol. The first-order valence-corrected chi connectivity index (χ1v) is 10.9. The molecule has 0 fully saturated rings. The Kier molecular flexibility index (Phi) is 5.53. The first-order valence-electron chi connectivity index (χ1n) is 8.27. The molecule has 140 valence electrons. The summed E-state index contributed by atoms with van der Waals surface area (Å²) < 4.78 is 26.5. The molecule has 3 rings (SSSR count). The van der Waals surface area contributed by atoms with Crippen LogP contribution in [0.15, 0.2) is 65.1 Å². The van der Waals surface area contributed by atoms with Gasteiger partial charge in [-0.3, -0.25) is 9.10 Å². The van der Waals surface area contributed by atoms with Gasteiger partial charge >= 0.3 is 0 Å². The number of nitrogens with zero attached hydrogens (tertiary/aromatic N) is 1. The third-order valence-electron chi connectivity index (χ3n) is 4.18. The summed E-state index contributed by atoms with van der Waals surface area (Å²) in [4.78, 5) is 12.6. The number of carbonyl (C=O) groups excluding carboxylic acids is 1. The van der Waals surface area contributed by atoms with Crippen molar-refractivity contribution in [2.75, 3.05) is 22.4 Å². The fourth-order valence-electron chi connectivity index (χ4n) is 2.84. The molecule has 3 aromatic carbocycles. The molecule has 0 saturated carbocycles. The summed E-state index contributed by atoms with van der Waals surface area (Å²) in [5, 5.41) is 4.73. The Bertz CT molecular complexity index is 1110. The number of benzene rings is 3. The Morgan fingerprint density at radius 3 is 2.48 bits per heavy atom. The van der Waals surface area contributed by atoms with E-state index in [2.05, 4.69) is 21.2 Å². The van der Waals surface area contributed by atoms with E-state index in [9.17, 15) is 13.2 Å². The van der Waals surface area contributed by atoms with Crippen molar-refractivity contribution >= 4 is 54.0 Å². The van der Waals surface area contributed by atoms with E-state index in [1.807, 2.05) is 43.3 Å². The van der Waals surface area contributed by atoms with Crippen molar-refractivity contribution < 1.29 is 13.2 Å². The number of rotatable bonds is 5. The highest BCUT2D eigenvalue weighted by atomic mass is 79.9. The first-order chi connectivity index (χ1) is 12.8. The number of hydrogen-bond acceptors (Lipinski definition) is 3. The number of sulfonamides is 1. The third kappa shape index (κ3) is 4.48. The number of amides is 1. The normalized spacial score (nSPS) is 11.4. The van der Waals surface area contributed by atoms with E-state index in [0.29, 0.717) is 11.4 Å². The minimum atomic E-state index is -3.62. The Morgan fingerprint density at radius 2 is 1.78 bits per heavy atom. The summed E-state index contributed by atoms with van der Waals surface area (Å²) in [6.07, 6.45) is 1.09. The standard InChI is InChI=1S/C20H19BrN2O3S/c1-14-12-16(10-11-18(14)21)23(27(2,25)26)13-20(24)22-19-9-5-7-15-6-3-4-8-17(15)19/h3-12H,13H2,1-2H3,(H,22,24). The molecule has 1 amide bonds. The van der Waals surface area contributed by atoms with E-state index >= 15 is 0 Å². The zero-order valence-electron chi connectivity index (χ0n) is 14.9. The van der Waals surface area contributed by atoms with Crippen LogP contribution in [0.2, 0.25) is 0 Å². The molecule has 0 bridgehead atoms. The van der Waals surface area contributed by atoms with Crippen LogP contribution in [0.1, 0.15) is 5.56 Å². The third-order valence-corrected chi connectivity index (χ3v) is 6.21. The Labute approximate surface area is 167 Å². The van der Waals surface area contributed by atoms with Gasteiger partial charge in [0.25, 0.3) is 0 Å². The molecule has 0 radical (unpaired) electrons. The van der Waals surface area contributed by atoms with E-state index in [-0.39, 0.29) is 6.54 Å². The van der Waals surface area contributed by atoms with Gasteiger partial charge in [-0.1, -0.05) is 52.3 Å². The second-order valence-electron chi connectivity index (χ2n) is 6.28. The molecule has 0 aromatic heterocycles. The van der Waals surface area contributed by atoms with Crippen molar-refractivity contribution in [3.63, 3.8) is 0 Å². The predicted octanol–water partition coefficient (Wildman–Crippen LogP) is 4.32. The highest BCUT2D eigenvalue weighted by Gasteiger charge is 2.21. The molecular weight excluding hydrogens is 428 g/mol. The van der Waals surface area contributed by atoms with Gasteiger partial charge in [0.2, 0.25) is 15.9 Å². The highest BCUT2D eigenvalue weighted by molar-refractivity contribution is 9.10. The minimum Gasteiger partial charge on any atom is -0.324 e. The fraction of sp³-hybridized carbons (Fsp3) is 0.150. The fourth-order valence-corrected chi connectivity index (χ4v) is 3.93. The minimum absolute atomic E-state index is 0.302. The van der Waals surface area contributed by atoms with E-state index in [1.165, 1.54) is 0 Å². The van der Waals surface area contributed by atoms with Gasteiger partial charge in [-0.2, -0.15) is 0 Å². The van der Waals surface area contributed by atoms with Crippen LogP contribution in [0.3, 0.4) is 0 Å². The number of anilines is 2. The first kappa shape index (κ1) is 19.4. The second kappa shape index (κ2) is 7.70. The average molecular weight is 447 g/mol.